The van der Waals surface area contributed by atoms with Crippen LogP contribution in [-0.4, -0.2) is 41.2 Å². The Morgan fingerprint density at radius 1 is 0.956 bits per heavy atom. The number of fused-ring (bicyclic) bond motifs is 2. The fourth-order valence-corrected chi connectivity index (χ4v) is 5.16. The lowest BCUT2D eigenvalue weighted by molar-refractivity contribution is -0.211. The maximum absolute atomic E-state index is 14.1. The van der Waals surface area contributed by atoms with Gasteiger partial charge in [-0.1, -0.05) is 60.7 Å². The number of amides is 2. The number of imidazole rings is 1. The number of aromatic amines is 1. The number of carbonyl (C=O) groups is 3. The van der Waals surface area contributed by atoms with E-state index in [1.165, 1.54) is 55.6 Å². The van der Waals surface area contributed by atoms with Crippen molar-refractivity contribution in [3.8, 4) is 5.75 Å². The zero-order valence-electron chi connectivity index (χ0n) is 23.4. The van der Waals surface area contributed by atoms with Crippen LogP contribution in [0.1, 0.15) is 27.0 Å². The lowest BCUT2D eigenvalue weighted by atomic mass is 9.92. The van der Waals surface area contributed by atoms with E-state index >= 15 is 0 Å². The monoisotopic (exact) mass is 616 g/mol. The number of esters is 1. The van der Waals surface area contributed by atoms with E-state index in [2.05, 4.69) is 20.0 Å². The van der Waals surface area contributed by atoms with Crippen molar-refractivity contribution in [3.05, 3.63) is 119 Å². The minimum absolute atomic E-state index is 0.00152. The fraction of sp³-hybridized carbons (Fsp3) is 0.125. The number of H-pyrrole nitrogens is 1. The van der Waals surface area contributed by atoms with Crippen molar-refractivity contribution in [1.29, 1.82) is 0 Å². The van der Waals surface area contributed by atoms with Crippen LogP contribution in [0.15, 0.2) is 97.1 Å². The van der Waals surface area contributed by atoms with E-state index in [1.54, 1.807) is 18.2 Å². The molecule has 1 aliphatic heterocycles. The van der Waals surface area contributed by atoms with E-state index in [9.17, 15) is 27.6 Å². The first-order valence-corrected chi connectivity index (χ1v) is 13.5. The first kappa shape index (κ1) is 29.2. The number of halogens is 3. The number of hydrogen-bond donors (Lipinski definition) is 2. The summed E-state index contributed by atoms with van der Waals surface area (Å²) in [5, 5.41) is 2.38. The lowest BCUT2D eigenvalue weighted by Crippen LogP contribution is -2.50. The van der Waals surface area contributed by atoms with Crippen molar-refractivity contribution in [3.63, 3.8) is 0 Å². The largest absolute Gasteiger partial charge is 0.491 e. The third kappa shape index (κ3) is 5.39. The predicted octanol–water partition coefficient (Wildman–Crippen LogP) is 6.29. The molecule has 0 spiro atoms. The molecule has 1 aliphatic rings. The van der Waals surface area contributed by atoms with Gasteiger partial charge in [-0.05, 0) is 35.9 Å². The molecule has 1 unspecified atom stereocenters. The second-order valence-electron chi connectivity index (χ2n) is 9.92. The van der Waals surface area contributed by atoms with E-state index in [-0.39, 0.29) is 40.4 Å². The molecule has 0 fully saturated rings. The molecule has 0 aliphatic carbocycles. The topological polar surface area (TPSA) is 123 Å². The van der Waals surface area contributed by atoms with Gasteiger partial charge >= 0.3 is 18.2 Å². The van der Waals surface area contributed by atoms with Gasteiger partial charge in [-0.2, -0.15) is 13.2 Å². The van der Waals surface area contributed by atoms with Crippen molar-refractivity contribution in [2.75, 3.05) is 17.3 Å². The number of carbonyl (C=O) groups excluding carboxylic acids is 3. The Kier molecular flexibility index (Phi) is 7.36. The third-order valence-electron chi connectivity index (χ3n) is 7.12. The number of rotatable bonds is 7. The summed E-state index contributed by atoms with van der Waals surface area (Å²) in [5.41, 5.74) is -0.816. The van der Waals surface area contributed by atoms with Gasteiger partial charge in [-0.25, -0.2) is 14.6 Å². The first-order valence-electron chi connectivity index (χ1n) is 13.5. The Bertz CT molecular complexity index is 1930. The average Bonchev–Trinajstić information content (AvgIpc) is 3.55. The van der Waals surface area contributed by atoms with Gasteiger partial charge in [0.25, 0.3) is 5.91 Å². The highest BCUT2D eigenvalue weighted by Crippen LogP contribution is 2.49. The van der Waals surface area contributed by atoms with Crippen LogP contribution < -0.4 is 15.0 Å². The average molecular weight is 617 g/mol. The number of hydrogen-bond acceptors (Lipinski definition) is 7. The molecule has 1 atom stereocenters. The normalized spacial score (nSPS) is 15.9. The van der Waals surface area contributed by atoms with E-state index in [4.69, 9.17) is 9.47 Å². The number of nitrogens with one attached hydrogen (secondary N) is 2. The molecule has 13 heteroatoms. The van der Waals surface area contributed by atoms with Gasteiger partial charge in [0.15, 0.2) is 0 Å². The quantitative estimate of drug-likeness (QED) is 0.206. The summed E-state index contributed by atoms with van der Waals surface area (Å²) in [4.78, 5) is 46.5. The summed E-state index contributed by atoms with van der Waals surface area (Å²) >= 11 is 0. The predicted molar refractivity (Wildman–Crippen MR) is 156 cm³/mol. The molecule has 0 bridgehead atoms. The highest BCUT2D eigenvalue weighted by Gasteiger charge is 2.58. The van der Waals surface area contributed by atoms with Crippen LogP contribution in [0.5, 0.6) is 5.75 Å². The molecule has 1 aromatic heterocycles. The Labute approximate surface area is 253 Å². The van der Waals surface area contributed by atoms with Crippen molar-refractivity contribution < 1.29 is 41.8 Å². The SMILES string of the molecule is COC(=O)Nc1nc2ccc(C3(OC(=O)C(F)(F)F)c4ccccc4C(=O)N3c3cccc(OCc4ccccc4)c3)cc2[nH]1. The Balaban J connectivity index is 1.52. The van der Waals surface area contributed by atoms with Gasteiger partial charge < -0.3 is 19.2 Å². The van der Waals surface area contributed by atoms with Crippen LogP contribution in [0, 0.1) is 0 Å². The van der Waals surface area contributed by atoms with Crippen LogP contribution in [0.4, 0.5) is 29.6 Å². The molecule has 2 amide bonds. The van der Waals surface area contributed by atoms with Gasteiger partial charge in [0.2, 0.25) is 11.7 Å². The Morgan fingerprint density at radius 3 is 2.47 bits per heavy atom. The summed E-state index contributed by atoms with van der Waals surface area (Å²) in [7, 11) is 1.17. The second kappa shape index (κ2) is 11.3. The number of ether oxygens (including phenoxy) is 3. The van der Waals surface area contributed by atoms with Crippen molar-refractivity contribution in [1.82, 2.24) is 9.97 Å². The van der Waals surface area contributed by atoms with Crippen LogP contribution in [-0.2, 0) is 26.6 Å². The maximum atomic E-state index is 14.1. The zero-order valence-corrected chi connectivity index (χ0v) is 23.4. The van der Waals surface area contributed by atoms with Crippen LogP contribution in [0.3, 0.4) is 0 Å². The smallest absolute Gasteiger partial charge is 0.489 e. The molecule has 0 saturated heterocycles. The minimum atomic E-state index is -5.39. The first-order chi connectivity index (χ1) is 21.6. The molecular weight excluding hydrogens is 593 g/mol. The molecule has 0 radical (unpaired) electrons. The highest BCUT2D eigenvalue weighted by molar-refractivity contribution is 6.13. The number of methoxy groups -OCH3 is 1. The number of alkyl halides is 3. The van der Waals surface area contributed by atoms with E-state index in [1.807, 2.05) is 30.3 Å². The molecule has 45 heavy (non-hydrogen) atoms. The molecule has 6 rings (SSSR count). The van der Waals surface area contributed by atoms with E-state index in [0.29, 0.717) is 11.3 Å². The summed E-state index contributed by atoms with van der Waals surface area (Å²) in [6.07, 6.45) is -6.20. The Hall–Kier alpha value is -5.85. The molecule has 2 heterocycles. The summed E-state index contributed by atoms with van der Waals surface area (Å²) < 4.78 is 57.5. The van der Waals surface area contributed by atoms with Crippen molar-refractivity contribution in [2.45, 2.75) is 18.5 Å². The van der Waals surface area contributed by atoms with Gasteiger partial charge in [-0.3, -0.25) is 15.0 Å². The maximum Gasteiger partial charge on any atom is 0.491 e. The molecule has 5 aromatic rings. The molecule has 0 saturated carbocycles. The zero-order chi connectivity index (χ0) is 31.8. The third-order valence-corrected chi connectivity index (χ3v) is 7.12. The van der Waals surface area contributed by atoms with Crippen molar-refractivity contribution in [2.24, 2.45) is 0 Å². The number of anilines is 2. The molecule has 2 N–H and O–H groups in total. The van der Waals surface area contributed by atoms with Crippen LogP contribution >= 0.6 is 0 Å². The lowest BCUT2D eigenvalue weighted by Gasteiger charge is -2.39. The van der Waals surface area contributed by atoms with Gasteiger partial charge in [0, 0.05) is 22.8 Å². The number of aromatic nitrogens is 2. The fourth-order valence-electron chi connectivity index (χ4n) is 5.16. The summed E-state index contributed by atoms with van der Waals surface area (Å²) in [5.74, 6) is -2.90. The highest BCUT2D eigenvalue weighted by atomic mass is 19.4. The van der Waals surface area contributed by atoms with E-state index < -0.39 is 29.9 Å². The molecule has 10 nitrogen and oxygen atoms in total. The molecular formula is C32H23F3N4O6. The standard InChI is InChI=1S/C32H23F3N4O6/c1-43-30(42)38-29-36-25-15-14-20(16-26(25)37-29)31(45-28(41)32(33,34)35)24-13-6-5-12-23(24)27(40)39(31)21-10-7-11-22(17-21)44-18-19-8-3-2-4-9-19/h2-17H,18H2,1H3,(H2,36,37,38,42). The number of benzene rings is 4. The molecule has 228 valence electrons. The summed E-state index contributed by atoms with van der Waals surface area (Å²) in [6, 6.07) is 25.7. The van der Waals surface area contributed by atoms with Crippen LogP contribution in [0.25, 0.3) is 11.0 Å². The van der Waals surface area contributed by atoms with Crippen molar-refractivity contribution >= 4 is 40.6 Å². The summed E-state index contributed by atoms with van der Waals surface area (Å²) in [6.45, 7) is 0.186. The number of nitrogens with zero attached hydrogens (tertiary/aromatic N) is 2. The van der Waals surface area contributed by atoms with Crippen LogP contribution in [0.2, 0.25) is 0 Å². The molecule has 4 aromatic carbocycles. The van der Waals surface area contributed by atoms with Gasteiger partial charge in [0.1, 0.15) is 12.4 Å². The minimum Gasteiger partial charge on any atom is -0.489 e. The van der Waals surface area contributed by atoms with E-state index in [0.717, 1.165) is 10.5 Å². The van der Waals surface area contributed by atoms with Gasteiger partial charge in [0.05, 0.1) is 23.8 Å². The van der Waals surface area contributed by atoms with Gasteiger partial charge in [-0.15, -0.1) is 0 Å². The Morgan fingerprint density at radius 2 is 1.71 bits per heavy atom. The second-order valence-corrected chi connectivity index (χ2v) is 9.92.